The lowest BCUT2D eigenvalue weighted by molar-refractivity contribution is -0.149. The molecule has 0 aromatic heterocycles. The number of hydrogen-bond donors (Lipinski definition) is 7. The smallest absolute Gasteiger partial charge is 0.354 e. The van der Waals surface area contributed by atoms with Gasteiger partial charge in [0.1, 0.15) is 48.1 Å². The monoisotopic (exact) mass is 803 g/mol. The van der Waals surface area contributed by atoms with Crippen molar-refractivity contribution in [2.45, 2.75) is 117 Å². The Hall–Kier alpha value is -6.06. The molecule has 2 aromatic rings. The van der Waals surface area contributed by atoms with Crippen LogP contribution >= 0.6 is 0 Å². The van der Waals surface area contributed by atoms with E-state index in [1.54, 1.807) is 44.2 Å². The van der Waals surface area contributed by atoms with E-state index in [1.165, 1.54) is 33.8 Å². The van der Waals surface area contributed by atoms with Gasteiger partial charge < -0.3 is 42.0 Å². The van der Waals surface area contributed by atoms with Crippen molar-refractivity contribution in [2.24, 2.45) is 11.8 Å². The molecule has 7 amide bonds. The maximum Gasteiger partial charge on any atom is 0.354 e. The van der Waals surface area contributed by atoms with E-state index in [0.717, 1.165) is 5.56 Å². The van der Waals surface area contributed by atoms with E-state index in [2.05, 4.69) is 37.2 Å². The van der Waals surface area contributed by atoms with Crippen molar-refractivity contribution < 1.29 is 43.1 Å². The van der Waals surface area contributed by atoms with Gasteiger partial charge in [-0.3, -0.25) is 33.6 Å². The van der Waals surface area contributed by atoms with E-state index in [0.29, 0.717) is 5.56 Å². The summed E-state index contributed by atoms with van der Waals surface area (Å²) >= 11 is 0. The van der Waals surface area contributed by atoms with Crippen molar-refractivity contribution >= 4 is 47.3 Å². The van der Waals surface area contributed by atoms with Gasteiger partial charge in [-0.2, -0.15) is 0 Å². The van der Waals surface area contributed by atoms with Crippen LogP contribution in [0.25, 0.3) is 0 Å². The molecule has 16 nitrogen and oxygen atoms in total. The van der Waals surface area contributed by atoms with Crippen LogP contribution in [-0.2, 0) is 55.9 Å². The predicted octanol–water partition coefficient (Wildman–Crippen LogP) is 1.09. The number of cyclic esters (lactones) is 1. The molecule has 3 rings (SSSR count). The largest absolute Gasteiger partial charge is 0.455 e. The summed E-state index contributed by atoms with van der Waals surface area (Å²) in [6.45, 7) is 12.6. The topological polar surface area (TPSA) is 230 Å². The highest BCUT2D eigenvalue weighted by atomic mass is 16.5. The third-order valence-corrected chi connectivity index (χ3v) is 9.34. The van der Waals surface area contributed by atoms with Crippen molar-refractivity contribution in [3.05, 3.63) is 83.6 Å². The molecule has 1 aliphatic rings. The maximum atomic E-state index is 14.3. The molecule has 7 atom stereocenters. The first-order chi connectivity index (χ1) is 27.4. The maximum absolute atomic E-state index is 14.3. The molecule has 314 valence electrons. The van der Waals surface area contributed by atoms with Crippen molar-refractivity contribution in [1.82, 2.24) is 37.2 Å². The number of benzene rings is 2. The molecule has 0 spiro atoms. The highest BCUT2D eigenvalue weighted by molar-refractivity contribution is 6.00. The Bertz CT molecular complexity index is 1820. The Labute approximate surface area is 339 Å². The van der Waals surface area contributed by atoms with Gasteiger partial charge in [0.25, 0.3) is 0 Å². The molecule has 1 aliphatic heterocycles. The number of amides is 7. The van der Waals surface area contributed by atoms with Crippen LogP contribution in [0.1, 0.15) is 72.9 Å². The van der Waals surface area contributed by atoms with Crippen LogP contribution in [0.3, 0.4) is 0 Å². The molecular formula is C42H57N7O9. The number of ether oxygens (including phenoxy) is 1. The van der Waals surface area contributed by atoms with E-state index >= 15 is 0 Å². The third-order valence-electron chi connectivity index (χ3n) is 9.34. The van der Waals surface area contributed by atoms with Gasteiger partial charge in [0, 0.05) is 19.8 Å². The molecular weight excluding hydrogens is 747 g/mol. The molecule has 7 N–H and O–H groups in total. The highest BCUT2D eigenvalue weighted by Gasteiger charge is 2.38. The van der Waals surface area contributed by atoms with E-state index < -0.39 is 95.6 Å². The van der Waals surface area contributed by atoms with Crippen LogP contribution < -0.4 is 37.2 Å². The average molecular weight is 804 g/mol. The summed E-state index contributed by atoms with van der Waals surface area (Å²) in [5.41, 5.74) is 1.19. The lowest BCUT2D eigenvalue weighted by atomic mass is 9.99. The van der Waals surface area contributed by atoms with Gasteiger partial charge in [-0.1, -0.05) is 94.4 Å². The second-order valence-corrected chi connectivity index (χ2v) is 15.1. The molecule has 0 bridgehead atoms. The van der Waals surface area contributed by atoms with Crippen molar-refractivity contribution in [3.63, 3.8) is 0 Å². The number of allylic oxidation sites excluding steroid dienone is 1. The van der Waals surface area contributed by atoms with Crippen LogP contribution in [-0.4, -0.2) is 89.7 Å². The fraction of sp³-hybridized carbons (Fsp3) is 0.476. The summed E-state index contributed by atoms with van der Waals surface area (Å²) in [7, 11) is 0. The zero-order valence-corrected chi connectivity index (χ0v) is 34.3. The van der Waals surface area contributed by atoms with E-state index in [9.17, 15) is 38.4 Å². The molecule has 1 heterocycles. The number of rotatable bonds is 14. The van der Waals surface area contributed by atoms with Gasteiger partial charge in [-0.25, -0.2) is 4.79 Å². The second-order valence-electron chi connectivity index (χ2n) is 15.1. The quantitative estimate of drug-likeness (QED) is 0.107. The lowest BCUT2D eigenvalue weighted by Gasteiger charge is -2.30. The van der Waals surface area contributed by atoms with Crippen molar-refractivity contribution in [3.8, 4) is 0 Å². The van der Waals surface area contributed by atoms with Gasteiger partial charge >= 0.3 is 5.97 Å². The predicted molar refractivity (Wildman–Crippen MR) is 215 cm³/mol. The number of nitrogens with one attached hydrogen (secondary N) is 7. The summed E-state index contributed by atoms with van der Waals surface area (Å²) in [6.07, 6.45) is 0.232. The summed E-state index contributed by atoms with van der Waals surface area (Å²) in [6, 6.07) is 10.5. The Balaban J connectivity index is 1.97. The standard InChI is InChI=1S/C42H57N7O9/c1-9-30-42(57)58-26(7)35(41(56)48-34(24(4)5)40(55)43-25(6)36(51)45-30)49-39(54)33(22-29-18-14-11-15-19-29)47-37(52)31(20-23(2)3)46-38(53)32(44-27(8)50)21-28-16-12-10-13-17-28/h9-19,23-26,31-35H,20-22H2,1-8H3,(H,43,55)(H,44,50)(H,45,51)(H,46,53)(H,47,52)(H,48,56)(H,49,54)/b30-9-/t25-,26+,31+,32+,33-,34-,35-/m0/s1. The zero-order chi connectivity index (χ0) is 43.1. The Kier molecular flexibility index (Phi) is 17.6. The summed E-state index contributed by atoms with van der Waals surface area (Å²) in [5, 5.41) is 18.4. The molecule has 58 heavy (non-hydrogen) atoms. The van der Waals surface area contributed by atoms with Gasteiger partial charge in [0.15, 0.2) is 0 Å². The molecule has 0 radical (unpaired) electrons. The minimum atomic E-state index is -1.59. The van der Waals surface area contributed by atoms with Gasteiger partial charge in [-0.05, 0) is 50.2 Å². The summed E-state index contributed by atoms with van der Waals surface area (Å²) < 4.78 is 5.59. The highest BCUT2D eigenvalue weighted by Crippen LogP contribution is 2.13. The number of esters is 1. The second kappa shape index (κ2) is 22.0. The lowest BCUT2D eigenvalue weighted by Crippen LogP contribution is -2.62. The molecule has 0 saturated carbocycles. The van der Waals surface area contributed by atoms with Crippen LogP contribution in [0.5, 0.6) is 0 Å². The van der Waals surface area contributed by atoms with E-state index in [4.69, 9.17) is 4.74 Å². The SMILES string of the molecule is C/C=C1\NC(=O)[C@H](C)NC(=O)[C@H](C(C)C)NC(=O)[C@@H](NC(=O)[C@H](Cc2ccccc2)NC(=O)[C@@H](CC(C)C)NC(=O)[C@@H](Cc2ccccc2)NC(C)=O)[C@@H](C)OC1=O. The summed E-state index contributed by atoms with van der Waals surface area (Å²) in [4.78, 5) is 108. The molecule has 0 unspecified atom stereocenters. The normalized spacial score (nSPS) is 21.4. The number of carbonyl (C=O) groups is 8. The number of carbonyl (C=O) groups excluding carboxylic acids is 8. The molecule has 1 fully saturated rings. The zero-order valence-electron chi connectivity index (χ0n) is 34.3. The minimum Gasteiger partial charge on any atom is -0.455 e. The third kappa shape index (κ3) is 14.2. The molecule has 2 aromatic carbocycles. The first-order valence-corrected chi connectivity index (χ1v) is 19.4. The molecule has 1 saturated heterocycles. The first kappa shape index (κ1) is 46.3. The van der Waals surface area contributed by atoms with E-state index in [-0.39, 0.29) is 30.9 Å². The van der Waals surface area contributed by atoms with Crippen LogP contribution in [0.2, 0.25) is 0 Å². The fourth-order valence-electron chi connectivity index (χ4n) is 6.19. The Morgan fingerprint density at radius 3 is 1.72 bits per heavy atom. The minimum absolute atomic E-state index is 0.0462. The molecule has 16 heteroatoms. The van der Waals surface area contributed by atoms with Gasteiger partial charge in [0.05, 0.1) is 0 Å². The first-order valence-electron chi connectivity index (χ1n) is 19.4. The van der Waals surface area contributed by atoms with Gasteiger partial charge in [-0.15, -0.1) is 0 Å². The van der Waals surface area contributed by atoms with Crippen molar-refractivity contribution in [2.75, 3.05) is 0 Å². The van der Waals surface area contributed by atoms with Crippen LogP contribution in [0.4, 0.5) is 0 Å². The van der Waals surface area contributed by atoms with Crippen LogP contribution in [0.15, 0.2) is 72.4 Å². The Morgan fingerprint density at radius 1 is 0.707 bits per heavy atom. The summed E-state index contributed by atoms with van der Waals surface area (Å²) in [5.74, 6) is -6.37. The van der Waals surface area contributed by atoms with Crippen LogP contribution in [0, 0.1) is 11.8 Å². The Morgan fingerprint density at radius 2 is 1.22 bits per heavy atom. The fourth-order valence-corrected chi connectivity index (χ4v) is 6.19. The molecule has 0 aliphatic carbocycles. The number of hydrogen-bond acceptors (Lipinski definition) is 9. The average Bonchev–Trinajstić information content (AvgIpc) is 3.16. The van der Waals surface area contributed by atoms with Crippen molar-refractivity contribution in [1.29, 1.82) is 0 Å². The van der Waals surface area contributed by atoms with E-state index in [1.807, 2.05) is 44.2 Å². The van der Waals surface area contributed by atoms with Gasteiger partial charge in [0.2, 0.25) is 41.4 Å².